The van der Waals surface area contributed by atoms with Gasteiger partial charge in [0.05, 0.1) is 30.1 Å². The van der Waals surface area contributed by atoms with Gasteiger partial charge in [0.15, 0.2) is 11.6 Å². The highest BCUT2D eigenvalue weighted by molar-refractivity contribution is 6.33. The summed E-state index contributed by atoms with van der Waals surface area (Å²) in [5.74, 6) is -0.576. The second-order valence-electron chi connectivity index (χ2n) is 4.73. The monoisotopic (exact) mass is 342 g/mol. The number of halogens is 3. The fourth-order valence-corrected chi connectivity index (χ4v) is 2.65. The Kier molecular flexibility index (Phi) is 4.61. The van der Waals surface area contributed by atoms with E-state index < -0.39 is 5.82 Å². The first-order chi connectivity index (χ1) is 10.6. The Morgan fingerprint density at radius 2 is 2.00 bits per heavy atom. The van der Waals surface area contributed by atoms with E-state index in [-0.39, 0.29) is 11.1 Å². The van der Waals surface area contributed by atoms with E-state index in [1.54, 1.807) is 6.07 Å². The van der Waals surface area contributed by atoms with Crippen LogP contribution in [0, 0.1) is 5.82 Å². The van der Waals surface area contributed by atoms with Crippen molar-refractivity contribution in [1.29, 1.82) is 0 Å². The molecule has 8 heteroatoms. The first-order valence-electron chi connectivity index (χ1n) is 6.71. The van der Waals surface area contributed by atoms with Crippen molar-refractivity contribution >= 4 is 40.4 Å². The van der Waals surface area contributed by atoms with Crippen molar-refractivity contribution < 1.29 is 9.13 Å². The van der Waals surface area contributed by atoms with Gasteiger partial charge in [0.25, 0.3) is 0 Å². The fourth-order valence-electron chi connectivity index (χ4n) is 2.22. The lowest BCUT2D eigenvalue weighted by Gasteiger charge is -2.29. The molecule has 0 radical (unpaired) electrons. The molecule has 0 saturated carbocycles. The molecule has 2 aromatic rings. The quantitative estimate of drug-likeness (QED) is 0.865. The summed E-state index contributed by atoms with van der Waals surface area (Å²) >= 11 is 12.0. The number of morpholine rings is 1. The maximum atomic E-state index is 13.6. The second kappa shape index (κ2) is 6.64. The van der Waals surface area contributed by atoms with E-state index >= 15 is 0 Å². The highest BCUT2D eigenvalue weighted by Gasteiger charge is 2.15. The Balaban J connectivity index is 1.81. The molecule has 0 unspecified atom stereocenters. The van der Waals surface area contributed by atoms with E-state index in [1.807, 2.05) is 12.1 Å². The number of benzene rings is 1. The third-order valence-corrected chi connectivity index (χ3v) is 3.76. The van der Waals surface area contributed by atoms with Crippen molar-refractivity contribution in [3.63, 3.8) is 0 Å². The number of aromatic nitrogens is 2. The van der Waals surface area contributed by atoms with Crippen LogP contribution >= 0.6 is 23.2 Å². The van der Waals surface area contributed by atoms with Crippen molar-refractivity contribution in [2.45, 2.75) is 0 Å². The zero-order valence-corrected chi connectivity index (χ0v) is 13.0. The molecule has 3 rings (SSSR count). The number of hydrogen-bond acceptors (Lipinski definition) is 5. The van der Waals surface area contributed by atoms with Gasteiger partial charge in [-0.15, -0.1) is 0 Å². The van der Waals surface area contributed by atoms with Crippen LogP contribution in [0.4, 0.5) is 21.6 Å². The molecule has 0 amide bonds. The molecule has 1 aromatic carbocycles. The van der Waals surface area contributed by atoms with E-state index in [9.17, 15) is 4.39 Å². The van der Waals surface area contributed by atoms with Crippen LogP contribution in [0.3, 0.4) is 0 Å². The first-order valence-corrected chi connectivity index (χ1v) is 7.46. The van der Waals surface area contributed by atoms with Crippen molar-refractivity contribution in [1.82, 2.24) is 9.97 Å². The lowest BCUT2D eigenvalue weighted by Crippen LogP contribution is -2.36. The van der Waals surface area contributed by atoms with Crippen molar-refractivity contribution in [2.24, 2.45) is 0 Å². The van der Waals surface area contributed by atoms with Gasteiger partial charge in [-0.1, -0.05) is 11.6 Å². The van der Waals surface area contributed by atoms with Gasteiger partial charge in [-0.05, 0) is 29.8 Å². The standard InChI is InChI=1S/C14H13Cl2FN4O/c15-10-7-9(19-13-11(17)8-18-14(16)20-13)1-2-12(10)21-3-5-22-6-4-21/h1-2,7-8H,3-6H2,(H,18,19,20). The molecule has 0 bridgehead atoms. The second-order valence-corrected chi connectivity index (χ2v) is 5.47. The van der Waals surface area contributed by atoms with Gasteiger partial charge in [-0.25, -0.2) is 9.37 Å². The number of anilines is 3. The maximum Gasteiger partial charge on any atom is 0.224 e. The first kappa shape index (κ1) is 15.3. The van der Waals surface area contributed by atoms with Gasteiger partial charge in [0, 0.05) is 18.8 Å². The molecule has 1 aliphatic rings. The lowest BCUT2D eigenvalue weighted by molar-refractivity contribution is 0.122. The van der Waals surface area contributed by atoms with Gasteiger partial charge in [-0.3, -0.25) is 0 Å². The third kappa shape index (κ3) is 3.40. The van der Waals surface area contributed by atoms with Crippen molar-refractivity contribution in [3.05, 3.63) is 40.5 Å². The fraction of sp³-hybridized carbons (Fsp3) is 0.286. The van der Waals surface area contributed by atoms with Crippen molar-refractivity contribution in [2.75, 3.05) is 36.5 Å². The van der Waals surface area contributed by atoms with E-state index in [0.29, 0.717) is 23.9 Å². The molecule has 22 heavy (non-hydrogen) atoms. The summed E-state index contributed by atoms with van der Waals surface area (Å²) in [6.45, 7) is 2.95. The molecule has 2 heterocycles. The minimum atomic E-state index is -0.585. The van der Waals surface area contributed by atoms with Crippen molar-refractivity contribution in [3.8, 4) is 0 Å². The van der Waals surface area contributed by atoms with E-state index in [1.165, 1.54) is 0 Å². The zero-order valence-electron chi connectivity index (χ0n) is 11.5. The van der Waals surface area contributed by atoms with Crippen LogP contribution in [-0.2, 0) is 4.74 Å². The Morgan fingerprint density at radius 1 is 1.23 bits per heavy atom. The summed E-state index contributed by atoms with van der Waals surface area (Å²) in [4.78, 5) is 9.53. The molecule has 116 valence electrons. The van der Waals surface area contributed by atoms with Crippen LogP contribution in [0.15, 0.2) is 24.4 Å². The van der Waals surface area contributed by atoms with E-state index in [2.05, 4.69) is 20.2 Å². The number of hydrogen-bond donors (Lipinski definition) is 1. The molecular formula is C14H13Cl2FN4O. The number of rotatable bonds is 3. The van der Waals surface area contributed by atoms with Gasteiger partial charge < -0.3 is 15.0 Å². The topological polar surface area (TPSA) is 50.3 Å². The molecular weight excluding hydrogens is 330 g/mol. The van der Waals surface area contributed by atoms with Crippen LogP contribution in [0.5, 0.6) is 0 Å². The summed E-state index contributed by atoms with van der Waals surface area (Å²) in [6, 6.07) is 5.42. The zero-order chi connectivity index (χ0) is 15.5. The molecule has 1 aliphatic heterocycles. The molecule has 1 saturated heterocycles. The normalized spacial score (nSPS) is 15.0. The number of nitrogens with zero attached hydrogens (tertiary/aromatic N) is 3. The van der Waals surface area contributed by atoms with Gasteiger partial charge in [-0.2, -0.15) is 4.98 Å². The number of nitrogens with one attached hydrogen (secondary N) is 1. The van der Waals surface area contributed by atoms with Gasteiger partial charge in [0.1, 0.15) is 0 Å². The average molecular weight is 343 g/mol. The Hall–Kier alpha value is -1.63. The van der Waals surface area contributed by atoms with Crippen LogP contribution in [-0.4, -0.2) is 36.3 Å². The maximum absolute atomic E-state index is 13.6. The highest BCUT2D eigenvalue weighted by atomic mass is 35.5. The Bertz CT molecular complexity index is 680. The van der Waals surface area contributed by atoms with Crippen LogP contribution in [0.2, 0.25) is 10.3 Å². The van der Waals surface area contributed by atoms with Crippen LogP contribution < -0.4 is 10.2 Å². The predicted molar refractivity (Wildman–Crippen MR) is 84.8 cm³/mol. The van der Waals surface area contributed by atoms with Gasteiger partial charge >= 0.3 is 0 Å². The molecule has 0 atom stereocenters. The summed E-state index contributed by atoms with van der Waals surface area (Å²) in [7, 11) is 0. The minimum absolute atomic E-state index is 0.00943. The average Bonchev–Trinajstić information content (AvgIpc) is 2.52. The summed E-state index contributed by atoms with van der Waals surface area (Å²) < 4.78 is 18.9. The predicted octanol–water partition coefficient (Wildman–Crippen LogP) is 3.50. The summed E-state index contributed by atoms with van der Waals surface area (Å²) in [5, 5.41) is 3.39. The lowest BCUT2D eigenvalue weighted by atomic mass is 10.2. The van der Waals surface area contributed by atoms with Crippen LogP contribution in [0.25, 0.3) is 0 Å². The van der Waals surface area contributed by atoms with E-state index in [0.717, 1.165) is 25.0 Å². The SMILES string of the molecule is Fc1cnc(Cl)nc1Nc1ccc(N2CCOCC2)c(Cl)c1. The molecule has 1 N–H and O–H groups in total. The van der Waals surface area contributed by atoms with Gasteiger partial charge in [0.2, 0.25) is 5.28 Å². The summed E-state index contributed by atoms with van der Waals surface area (Å²) in [6.07, 6.45) is 1.02. The molecule has 1 fully saturated rings. The van der Waals surface area contributed by atoms with E-state index in [4.69, 9.17) is 27.9 Å². The smallest absolute Gasteiger partial charge is 0.224 e. The molecule has 1 aromatic heterocycles. The molecule has 5 nitrogen and oxygen atoms in total. The largest absolute Gasteiger partial charge is 0.378 e. The number of ether oxygens (including phenoxy) is 1. The third-order valence-electron chi connectivity index (χ3n) is 3.28. The summed E-state index contributed by atoms with van der Waals surface area (Å²) in [5.41, 5.74) is 1.55. The Labute approximate surface area is 137 Å². The molecule has 0 aliphatic carbocycles. The molecule has 0 spiro atoms. The minimum Gasteiger partial charge on any atom is -0.378 e. The highest BCUT2D eigenvalue weighted by Crippen LogP contribution is 2.30. The Morgan fingerprint density at radius 3 is 2.73 bits per heavy atom. The van der Waals surface area contributed by atoms with Crippen LogP contribution in [0.1, 0.15) is 0 Å².